The molecule has 0 radical (unpaired) electrons. The average Bonchev–Trinajstić information content (AvgIpc) is 3.32. The van der Waals surface area contributed by atoms with E-state index in [1.807, 2.05) is 6.08 Å². The number of ether oxygens (including phenoxy) is 2. The second kappa shape index (κ2) is 10.6. The smallest absolute Gasteiger partial charge is 0.305 e. The molecule has 1 aliphatic heterocycles. The van der Waals surface area contributed by atoms with Gasteiger partial charge in [0.1, 0.15) is 6.10 Å². The quantitative estimate of drug-likeness (QED) is 0.249. The first-order valence-electron chi connectivity index (χ1n) is 9.85. The number of aliphatic hydroxyl groups excluding tert-OH is 1. The van der Waals surface area contributed by atoms with Crippen LogP contribution in [0.3, 0.4) is 0 Å². The van der Waals surface area contributed by atoms with Gasteiger partial charge in [-0.15, -0.1) is 0 Å². The van der Waals surface area contributed by atoms with Gasteiger partial charge in [0.15, 0.2) is 5.78 Å². The van der Waals surface area contributed by atoms with Crippen LogP contribution in [0.2, 0.25) is 0 Å². The van der Waals surface area contributed by atoms with E-state index in [1.54, 1.807) is 6.08 Å². The van der Waals surface area contributed by atoms with Crippen LogP contribution >= 0.6 is 0 Å². The Bertz CT molecular complexity index is 524. The Balaban J connectivity index is 1.75. The zero-order valence-corrected chi connectivity index (χ0v) is 15.9. The fourth-order valence-electron chi connectivity index (χ4n) is 3.63. The molecule has 1 N–H and O–H groups in total. The zero-order valence-electron chi connectivity index (χ0n) is 15.9. The van der Waals surface area contributed by atoms with Crippen molar-refractivity contribution in [2.75, 3.05) is 7.11 Å². The van der Waals surface area contributed by atoms with E-state index in [1.165, 1.54) is 26.4 Å². The van der Waals surface area contributed by atoms with E-state index >= 15 is 0 Å². The van der Waals surface area contributed by atoms with Gasteiger partial charge < -0.3 is 14.6 Å². The van der Waals surface area contributed by atoms with Gasteiger partial charge in [0, 0.05) is 6.42 Å². The minimum absolute atomic E-state index is 0.00862. The highest BCUT2D eigenvalue weighted by atomic mass is 16.6. The highest BCUT2D eigenvalue weighted by Gasteiger charge is 2.50. The summed E-state index contributed by atoms with van der Waals surface area (Å²) in [6.07, 6.45) is 13.9. The number of hydrogen-bond donors (Lipinski definition) is 1. The molecule has 2 unspecified atom stereocenters. The predicted molar refractivity (Wildman–Crippen MR) is 99.6 cm³/mol. The molecule has 0 saturated carbocycles. The van der Waals surface area contributed by atoms with E-state index in [2.05, 4.69) is 23.8 Å². The van der Waals surface area contributed by atoms with Crippen molar-refractivity contribution in [1.82, 2.24) is 0 Å². The Kier molecular flexibility index (Phi) is 8.52. The fraction of sp³-hybridized carbons (Fsp3) is 0.714. The molecule has 1 fully saturated rings. The highest BCUT2D eigenvalue weighted by molar-refractivity contribution is 5.95. The lowest BCUT2D eigenvalue weighted by molar-refractivity contribution is -0.140. The molecule has 0 bridgehead atoms. The van der Waals surface area contributed by atoms with Gasteiger partial charge in [-0.1, -0.05) is 38.0 Å². The maximum atomic E-state index is 12.2. The second-order valence-electron chi connectivity index (χ2n) is 7.25. The normalized spacial score (nSPS) is 28.7. The van der Waals surface area contributed by atoms with Crippen molar-refractivity contribution in [2.45, 2.75) is 76.6 Å². The van der Waals surface area contributed by atoms with E-state index in [0.717, 1.165) is 12.8 Å². The first-order valence-corrected chi connectivity index (χ1v) is 9.85. The Hall–Kier alpha value is -1.46. The molecule has 5 heteroatoms. The van der Waals surface area contributed by atoms with E-state index < -0.39 is 12.0 Å². The highest BCUT2D eigenvalue weighted by Crippen LogP contribution is 2.38. The molecule has 0 aromatic carbocycles. The number of methoxy groups -OCH3 is 1. The number of carbonyl (C=O) groups is 2. The number of rotatable bonds is 12. The summed E-state index contributed by atoms with van der Waals surface area (Å²) in [6.45, 7) is 2.19. The van der Waals surface area contributed by atoms with Crippen molar-refractivity contribution in [3.05, 3.63) is 24.3 Å². The summed E-state index contributed by atoms with van der Waals surface area (Å²) >= 11 is 0. The molecule has 5 nitrogen and oxygen atoms in total. The molecule has 1 heterocycles. The number of allylic oxidation sites excluding steroid dienone is 4. The van der Waals surface area contributed by atoms with E-state index in [-0.39, 0.29) is 29.9 Å². The summed E-state index contributed by atoms with van der Waals surface area (Å²) < 4.78 is 10.2. The van der Waals surface area contributed by atoms with Crippen LogP contribution in [-0.2, 0) is 19.1 Å². The minimum atomic E-state index is -0.779. The van der Waals surface area contributed by atoms with Crippen LogP contribution in [0.25, 0.3) is 0 Å². The van der Waals surface area contributed by atoms with E-state index in [9.17, 15) is 14.7 Å². The maximum Gasteiger partial charge on any atom is 0.305 e. The van der Waals surface area contributed by atoms with E-state index in [4.69, 9.17) is 4.74 Å². The summed E-state index contributed by atoms with van der Waals surface area (Å²) in [7, 11) is 1.37. The minimum Gasteiger partial charge on any atom is -0.469 e. The lowest BCUT2D eigenvalue weighted by Gasteiger charge is -2.21. The topological polar surface area (TPSA) is 76.1 Å². The predicted octanol–water partition coefficient (Wildman–Crippen LogP) is 3.36. The number of epoxide rings is 1. The molecular weight excluding hydrogens is 332 g/mol. The van der Waals surface area contributed by atoms with Crippen LogP contribution in [-0.4, -0.2) is 42.3 Å². The summed E-state index contributed by atoms with van der Waals surface area (Å²) in [5.41, 5.74) is 0. The third kappa shape index (κ3) is 6.06. The van der Waals surface area contributed by atoms with Crippen LogP contribution in [0.15, 0.2) is 24.3 Å². The second-order valence-corrected chi connectivity index (χ2v) is 7.25. The zero-order chi connectivity index (χ0) is 18.9. The van der Waals surface area contributed by atoms with E-state index in [0.29, 0.717) is 19.3 Å². The number of hydrogen-bond acceptors (Lipinski definition) is 5. The number of unbranched alkanes of at least 4 members (excludes halogenated alkanes) is 3. The van der Waals surface area contributed by atoms with Crippen molar-refractivity contribution in [3.8, 4) is 0 Å². The standard InChI is InChI=1S/C21H32O5/c1-3-4-5-6-7-8-10-15-13-14-16(22)19(15)20(24)21-17(26-21)11-9-12-18(23)25-2/h7-8,13-15,17,19-21,24H,3-6,9-12H2,1-2H3/b8-7+/t15-,17+,19?,20?,21+/m0/s1. The summed E-state index contributed by atoms with van der Waals surface area (Å²) in [4.78, 5) is 23.3. The molecule has 26 heavy (non-hydrogen) atoms. The average molecular weight is 364 g/mol. The SMILES string of the molecule is CCCCC/C=C/C[C@H]1C=CC(=O)C1C(O)[C@@H]1O[C@@H]1CCCC(=O)OC. The summed E-state index contributed by atoms with van der Waals surface area (Å²) in [6, 6.07) is 0. The van der Waals surface area contributed by atoms with Crippen molar-refractivity contribution in [1.29, 1.82) is 0 Å². The lowest BCUT2D eigenvalue weighted by atomic mass is 9.84. The maximum absolute atomic E-state index is 12.2. The first-order chi connectivity index (χ1) is 12.6. The molecule has 1 saturated heterocycles. The third-order valence-corrected chi connectivity index (χ3v) is 5.27. The van der Waals surface area contributed by atoms with Crippen LogP contribution in [0.4, 0.5) is 0 Å². The van der Waals surface area contributed by atoms with Gasteiger partial charge in [-0.05, 0) is 44.1 Å². The summed E-state index contributed by atoms with van der Waals surface area (Å²) in [5.74, 6) is -0.611. The molecular formula is C21H32O5. The molecule has 0 aromatic rings. The van der Waals surface area contributed by atoms with Gasteiger partial charge in [-0.2, -0.15) is 0 Å². The van der Waals surface area contributed by atoms with Crippen molar-refractivity contribution in [3.63, 3.8) is 0 Å². The molecule has 2 rings (SSSR count). The molecule has 2 aliphatic rings. The van der Waals surface area contributed by atoms with Crippen LogP contribution in [0.1, 0.15) is 58.3 Å². The lowest BCUT2D eigenvalue weighted by Crippen LogP contribution is -2.34. The van der Waals surface area contributed by atoms with Crippen molar-refractivity contribution in [2.24, 2.45) is 11.8 Å². The molecule has 1 aliphatic carbocycles. The van der Waals surface area contributed by atoms with Gasteiger partial charge in [0.2, 0.25) is 0 Å². The molecule has 146 valence electrons. The van der Waals surface area contributed by atoms with Crippen LogP contribution in [0, 0.1) is 11.8 Å². The Morgan fingerprint density at radius 1 is 1.35 bits per heavy atom. The molecule has 5 atom stereocenters. The Morgan fingerprint density at radius 2 is 2.15 bits per heavy atom. The Labute approximate surface area is 156 Å². The van der Waals surface area contributed by atoms with Gasteiger partial charge in [-0.25, -0.2) is 0 Å². The molecule has 0 aromatic heterocycles. The molecule has 0 spiro atoms. The monoisotopic (exact) mass is 364 g/mol. The summed E-state index contributed by atoms with van der Waals surface area (Å²) in [5, 5.41) is 10.6. The van der Waals surface area contributed by atoms with Gasteiger partial charge in [0.25, 0.3) is 0 Å². The fourth-order valence-corrected chi connectivity index (χ4v) is 3.63. The number of esters is 1. The van der Waals surface area contributed by atoms with Gasteiger partial charge in [-0.3, -0.25) is 9.59 Å². The molecule has 0 amide bonds. The van der Waals surface area contributed by atoms with Crippen molar-refractivity contribution < 1.29 is 24.2 Å². The number of aliphatic hydroxyl groups is 1. The number of ketones is 1. The van der Waals surface area contributed by atoms with Crippen LogP contribution in [0.5, 0.6) is 0 Å². The largest absolute Gasteiger partial charge is 0.469 e. The number of carbonyl (C=O) groups excluding carboxylic acids is 2. The third-order valence-electron chi connectivity index (χ3n) is 5.27. The first kappa shape index (κ1) is 20.8. The van der Waals surface area contributed by atoms with Crippen LogP contribution < -0.4 is 0 Å². The van der Waals surface area contributed by atoms with Gasteiger partial charge in [0.05, 0.1) is 25.2 Å². The van der Waals surface area contributed by atoms with Crippen molar-refractivity contribution >= 4 is 11.8 Å². The van der Waals surface area contributed by atoms with Gasteiger partial charge >= 0.3 is 5.97 Å². The Morgan fingerprint density at radius 3 is 2.88 bits per heavy atom.